The Morgan fingerprint density at radius 2 is 1.66 bits per heavy atom. The van der Waals surface area contributed by atoms with E-state index in [0.717, 1.165) is 28.3 Å². The van der Waals surface area contributed by atoms with Crippen LogP contribution < -0.4 is 9.62 Å². The fourth-order valence-corrected chi connectivity index (χ4v) is 5.54. The van der Waals surface area contributed by atoms with Gasteiger partial charge < -0.3 is 10.2 Å². The van der Waals surface area contributed by atoms with Crippen molar-refractivity contribution < 1.29 is 18.0 Å². The molecular weight excluding hydrogens is 522 g/mol. The lowest BCUT2D eigenvalue weighted by atomic mass is 10.1. The molecule has 7 nitrogen and oxygen atoms in total. The van der Waals surface area contributed by atoms with Crippen LogP contribution in [0.5, 0.6) is 0 Å². The molecule has 0 aliphatic rings. The molecule has 0 radical (unpaired) electrons. The van der Waals surface area contributed by atoms with Crippen LogP contribution in [0.15, 0.2) is 83.8 Å². The molecule has 0 heterocycles. The summed E-state index contributed by atoms with van der Waals surface area (Å²) in [5.74, 6) is -0.789. The van der Waals surface area contributed by atoms with Crippen LogP contribution in [0.1, 0.15) is 37.8 Å². The van der Waals surface area contributed by atoms with E-state index in [1.807, 2.05) is 38.1 Å². The third kappa shape index (κ3) is 7.58. The second-order valence-corrected chi connectivity index (χ2v) is 11.4. The van der Waals surface area contributed by atoms with Gasteiger partial charge in [-0.25, -0.2) is 8.42 Å². The van der Waals surface area contributed by atoms with E-state index in [-0.39, 0.29) is 17.3 Å². The Morgan fingerprint density at radius 3 is 2.29 bits per heavy atom. The van der Waals surface area contributed by atoms with Crippen LogP contribution in [0, 0.1) is 6.92 Å². The minimum Gasteiger partial charge on any atom is -0.354 e. The smallest absolute Gasteiger partial charge is 0.264 e. The van der Waals surface area contributed by atoms with Gasteiger partial charge in [-0.05, 0) is 62.2 Å². The lowest BCUT2D eigenvalue weighted by Gasteiger charge is -2.32. The topological polar surface area (TPSA) is 86.8 Å². The van der Waals surface area contributed by atoms with Crippen molar-refractivity contribution in [3.05, 3.63) is 95.0 Å². The lowest BCUT2D eigenvalue weighted by molar-refractivity contribution is -0.139. The number of hydrogen-bond donors (Lipinski definition) is 1. The van der Waals surface area contributed by atoms with E-state index in [0.29, 0.717) is 17.3 Å². The molecule has 3 rings (SSSR count). The number of benzene rings is 3. The van der Waals surface area contributed by atoms with E-state index in [2.05, 4.69) is 5.32 Å². The Labute approximate surface area is 230 Å². The molecular formula is C29H34ClN3O4S. The van der Waals surface area contributed by atoms with Crippen molar-refractivity contribution in [2.75, 3.05) is 17.4 Å². The fraction of sp³-hybridized carbons (Fsp3) is 0.310. The highest BCUT2D eigenvalue weighted by atomic mass is 35.5. The molecule has 0 spiro atoms. The van der Waals surface area contributed by atoms with Crippen molar-refractivity contribution in [3.8, 4) is 0 Å². The largest absolute Gasteiger partial charge is 0.354 e. The maximum atomic E-state index is 13.9. The summed E-state index contributed by atoms with van der Waals surface area (Å²) in [5, 5.41) is 3.32. The highest BCUT2D eigenvalue weighted by Crippen LogP contribution is 2.26. The third-order valence-electron chi connectivity index (χ3n) is 6.16. The average molecular weight is 556 g/mol. The number of hydrogen-bond acceptors (Lipinski definition) is 4. The molecule has 9 heteroatoms. The summed E-state index contributed by atoms with van der Waals surface area (Å²) in [5.41, 5.74) is 2.15. The van der Waals surface area contributed by atoms with E-state index in [4.69, 9.17) is 11.6 Å². The first-order valence-electron chi connectivity index (χ1n) is 12.6. The van der Waals surface area contributed by atoms with Gasteiger partial charge >= 0.3 is 0 Å². The Hall–Kier alpha value is -3.36. The zero-order valence-electron chi connectivity index (χ0n) is 21.9. The Balaban J connectivity index is 1.98. The molecule has 0 unspecified atom stereocenters. The quantitative estimate of drug-likeness (QED) is 0.312. The number of nitrogens with one attached hydrogen (secondary N) is 1. The van der Waals surface area contributed by atoms with Gasteiger partial charge in [0.1, 0.15) is 12.6 Å². The molecule has 202 valence electrons. The summed E-state index contributed by atoms with van der Waals surface area (Å²) < 4.78 is 28.5. The van der Waals surface area contributed by atoms with Crippen LogP contribution in [-0.4, -0.2) is 44.3 Å². The Morgan fingerprint density at radius 1 is 0.974 bits per heavy atom. The van der Waals surface area contributed by atoms with Crippen molar-refractivity contribution in [3.63, 3.8) is 0 Å². The number of aryl methyl sites for hydroxylation is 1. The molecule has 0 fully saturated rings. The summed E-state index contributed by atoms with van der Waals surface area (Å²) >= 11 is 6.05. The molecule has 0 saturated carbocycles. The highest BCUT2D eigenvalue weighted by molar-refractivity contribution is 7.92. The van der Waals surface area contributed by atoms with E-state index >= 15 is 0 Å². The van der Waals surface area contributed by atoms with Crippen LogP contribution >= 0.6 is 11.6 Å². The number of amides is 2. The monoisotopic (exact) mass is 555 g/mol. The maximum Gasteiger partial charge on any atom is 0.264 e. The van der Waals surface area contributed by atoms with Gasteiger partial charge in [0.05, 0.1) is 10.6 Å². The van der Waals surface area contributed by atoms with E-state index in [1.165, 1.54) is 17.0 Å². The first kappa shape index (κ1) is 29.2. The molecule has 0 aromatic heterocycles. The molecule has 2 amide bonds. The zero-order valence-corrected chi connectivity index (χ0v) is 23.5. The number of unbranched alkanes of at least 4 members (excludes halogenated alkanes) is 1. The Bertz CT molecular complexity index is 1330. The first-order valence-corrected chi connectivity index (χ1v) is 14.4. The van der Waals surface area contributed by atoms with Crippen LogP contribution in [0.3, 0.4) is 0 Å². The standard InChI is InChI=1S/C29H34ClN3O4S/c1-4-5-18-31-29(35)23(3)32(20-24-11-9-10-22(2)19-24)28(34)21-33(26-16-14-25(30)15-17-26)38(36,37)27-12-7-6-8-13-27/h6-17,19,23H,4-5,18,20-21H2,1-3H3,(H,31,35)/t23-/m1/s1. The van der Waals surface area contributed by atoms with Gasteiger partial charge in [-0.15, -0.1) is 0 Å². The molecule has 3 aromatic rings. The molecule has 1 N–H and O–H groups in total. The van der Waals surface area contributed by atoms with Crippen molar-refractivity contribution >= 4 is 39.1 Å². The number of anilines is 1. The van der Waals surface area contributed by atoms with Gasteiger partial charge in [0, 0.05) is 18.1 Å². The molecule has 3 aromatic carbocycles. The van der Waals surface area contributed by atoms with E-state index in [9.17, 15) is 18.0 Å². The van der Waals surface area contributed by atoms with Crippen molar-refractivity contribution in [2.24, 2.45) is 0 Å². The zero-order chi connectivity index (χ0) is 27.7. The number of carbonyl (C=O) groups excluding carboxylic acids is 2. The molecule has 1 atom stereocenters. The van der Waals surface area contributed by atoms with Gasteiger partial charge in [0.2, 0.25) is 11.8 Å². The number of rotatable bonds is 12. The predicted molar refractivity (Wildman–Crippen MR) is 152 cm³/mol. The van der Waals surface area contributed by atoms with Crippen LogP contribution in [0.25, 0.3) is 0 Å². The molecule has 0 aliphatic heterocycles. The molecule has 38 heavy (non-hydrogen) atoms. The SMILES string of the molecule is CCCCNC(=O)[C@@H](C)N(Cc1cccc(C)c1)C(=O)CN(c1ccc(Cl)cc1)S(=O)(=O)c1ccccc1. The lowest BCUT2D eigenvalue weighted by Crippen LogP contribution is -2.51. The fourth-order valence-electron chi connectivity index (χ4n) is 3.98. The highest BCUT2D eigenvalue weighted by Gasteiger charge is 2.32. The third-order valence-corrected chi connectivity index (χ3v) is 8.20. The predicted octanol–water partition coefficient (Wildman–Crippen LogP) is 5.18. The van der Waals surface area contributed by atoms with Gasteiger partial charge in [0.15, 0.2) is 0 Å². The van der Waals surface area contributed by atoms with E-state index in [1.54, 1.807) is 49.4 Å². The summed E-state index contributed by atoms with van der Waals surface area (Å²) in [6.07, 6.45) is 1.75. The second kappa shape index (κ2) is 13.4. The van der Waals surface area contributed by atoms with Gasteiger partial charge in [-0.1, -0.05) is 73.0 Å². The van der Waals surface area contributed by atoms with Gasteiger partial charge in [-0.2, -0.15) is 0 Å². The minimum absolute atomic E-state index is 0.0540. The number of sulfonamides is 1. The summed E-state index contributed by atoms with van der Waals surface area (Å²) in [4.78, 5) is 28.3. The Kier molecular flexibility index (Phi) is 10.3. The first-order chi connectivity index (χ1) is 18.1. The summed E-state index contributed by atoms with van der Waals surface area (Å²) in [6, 6.07) is 21.1. The minimum atomic E-state index is -4.10. The van der Waals surface area contributed by atoms with Gasteiger partial charge in [-0.3, -0.25) is 13.9 Å². The number of nitrogens with zero attached hydrogens (tertiary/aromatic N) is 2. The normalized spacial score (nSPS) is 12.0. The van der Waals surface area contributed by atoms with Crippen molar-refractivity contribution in [1.82, 2.24) is 10.2 Å². The molecule has 0 aliphatic carbocycles. The number of carbonyl (C=O) groups is 2. The van der Waals surface area contributed by atoms with Crippen LogP contribution in [0.2, 0.25) is 5.02 Å². The average Bonchev–Trinajstić information content (AvgIpc) is 2.91. The number of halogens is 1. The van der Waals surface area contributed by atoms with Crippen LogP contribution in [-0.2, 0) is 26.2 Å². The van der Waals surface area contributed by atoms with Crippen molar-refractivity contribution in [2.45, 2.75) is 51.1 Å². The molecule has 0 bridgehead atoms. The van der Waals surface area contributed by atoms with Crippen molar-refractivity contribution in [1.29, 1.82) is 0 Å². The van der Waals surface area contributed by atoms with E-state index < -0.39 is 28.5 Å². The molecule has 0 saturated heterocycles. The summed E-state index contributed by atoms with van der Waals surface area (Å²) in [6.45, 7) is 5.81. The summed E-state index contributed by atoms with van der Waals surface area (Å²) in [7, 11) is -4.10. The second-order valence-electron chi connectivity index (χ2n) is 9.13. The van der Waals surface area contributed by atoms with Crippen LogP contribution in [0.4, 0.5) is 5.69 Å². The van der Waals surface area contributed by atoms with Gasteiger partial charge in [0.25, 0.3) is 10.0 Å². The maximum absolute atomic E-state index is 13.9.